The van der Waals surface area contributed by atoms with Crippen LogP contribution in [0.25, 0.3) is 21.0 Å². The Morgan fingerprint density at radius 1 is 1.10 bits per heavy atom. The first-order valence-corrected chi connectivity index (χ1v) is 10.4. The predicted molar refractivity (Wildman–Crippen MR) is 119 cm³/mol. The maximum Gasteiger partial charge on any atom is 0.260 e. The number of nitrogens with one attached hydrogen (secondary N) is 1. The summed E-state index contributed by atoms with van der Waals surface area (Å²) < 4.78 is 6.35. The number of quaternary nitrogens is 1. The molecule has 148 valence electrons. The maximum atomic E-state index is 13.6. The van der Waals surface area contributed by atoms with Crippen LogP contribution in [0, 0.1) is 0 Å². The Labute approximate surface area is 174 Å². The monoisotopic (exact) mass is 406 g/mol. The van der Waals surface area contributed by atoms with E-state index in [0.29, 0.717) is 17.2 Å². The SMILES string of the molecule is COc1ccc2sc(N(CC[NH+](C)C)C(=O)c3cccc4ccccc34)nc2c1. The molecule has 4 rings (SSSR count). The lowest BCUT2D eigenvalue weighted by Crippen LogP contribution is -3.06. The van der Waals surface area contributed by atoms with Crippen molar-refractivity contribution in [1.82, 2.24) is 4.98 Å². The second-order valence-electron chi connectivity index (χ2n) is 7.27. The molecule has 0 atom stereocenters. The first-order chi connectivity index (χ1) is 14.1. The van der Waals surface area contributed by atoms with E-state index in [-0.39, 0.29) is 5.91 Å². The topological polar surface area (TPSA) is 46.9 Å². The van der Waals surface area contributed by atoms with E-state index < -0.39 is 0 Å². The van der Waals surface area contributed by atoms with Gasteiger partial charge in [0.1, 0.15) is 5.75 Å². The number of fused-ring (bicyclic) bond motifs is 2. The molecule has 0 aliphatic heterocycles. The largest absolute Gasteiger partial charge is 0.497 e. The fourth-order valence-electron chi connectivity index (χ4n) is 3.31. The molecule has 0 saturated carbocycles. The molecule has 0 radical (unpaired) electrons. The highest BCUT2D eigenvalue weighted by atomic mass is 32.1. The van der Waals surface area contributed by atoms with Crippen molar-refractivity contribution >= 4 is 43.4 Å². The van der Waals surface area contributed by atoms with E-state index in [1.165, 1.54) is 16.2 Å². The Morgan fingerprint density at radius 2 is 1.90 bits per heavy atom. The summed E-state index contributed by atoms with van der Waals surface area (Å²) in [5.74, 6) is 0.744. The van der Waals surface area contributed by atoms with E-state index >= 15 is 0 Å². The number of rotatable bonds is 6. The van der Waals surface area contributed by atoms with Gasteiger partial charge in [0.25, 0.3) is 5.91 Å². The smallest absolute Gasteiger partial charge is 0.260 e. The molecular formula is C23H24N3O2S+. The highest BCUT2D eigenvalue weighted by Crippen LogP contribution is 2.32. The number of hydrogen-bond acceptors (Lipinski definition) is 4. The number of carbonyl (C=O) groups excluding carboxylic acids is 1. The molecule has 1 heterocycles. The number of methoxy groups -OCH3 is 1. The summed E-state index contributed by atoms with van der Waals surface area (Å²) in [6.45, 7) is 1.43. The highest BCUT2D eigenvalue weighted by molar-refractivity contribution is 7.22. The normalized spacial score (nSPS) is 11.3. The van der Waals surface area contributed by atoms with Crippen molar-refractivity contribution in [2.24, 2.45) is 0 Å². The number of benzene rings is 3. The van der Waals surface area contributed by atoms with E-state index in [1.807, 2.05) is 65.6 Å². The van der Waals surface area contributed by atoms with Crippen LogP contribution in [0.1, 0.15) is 10.4 Å². The van der Waals surface area contributed by atoms with Crippen LogP contribution < -0.4 is 14.5 Å². The van der Waals surface area contributed by atoms with Crippen molar-refractivity contribution in [2.45, 2.75) is 0 Å². The maximum absolute atomic E-state index is 13.6. The van der Waals surface area contributed by atoms with Crippen LogP contribution in [0.3, 0.4) is 0 Å². The molecule has 0 saturated heterocycles. The fourth-order valence-corrected chi connectivity index (χ4v) is 4.28. The molecule has 0 unspecified atom stereocenters. The lowest BCUT2D eigenvalue weighted by Gasteiger charge is -2.21. The number of likely N-dealkylation sites (N-methyl/N-ethyl adjacent to an activating group) is 1. The number of amides is 1. The molecule has 4 aromatic rings. The minimum absolute atomic E-state index is 0.0194. The third-order valence-corrected chi connectivity index (χ3v) is 5.97. The van der Waals surface area contributed by atoms with E-state index in [1.54, 1.807) is 7.11 Å². The van der Waals surface area contributed by atoms with Gasteiger partial charge in [-0.1, -0.05) is 47.7 Å². The van der Waals surface area contributed by atoms with Gasteiger partial charge in [0.2, 0.25) is 0 Å². The molecule has 5 nitrogen and oxygen atoms in total. The average molecular weight is 407 g/mol. The molecule has 6 heteroatoms. The lowest BCUT2D eigenvalue weighted by molar-refractivity contribution is -0.856. The van der Waals surface area contributed by atoms with Gasteiger partial charge in [-0.05, 0) is 29.0 Å². The zero-order valence-corrected chi connectivity index (χ0v) is 17.6. The number of nitrogens with zero attached hydrogens (tertiary/aromatic N) is 2. The van der Waals surface area contributed by atoms with Crippen molar-refractivity contribution in [3.05, 3.63) is 66.2 Å². The van der Waals surface area contributed by atoms with Gasteiger partial charge in [-0.3, -0.25) is 9.69 Å². The third kappa shape index (κ3) is 3.95. The molecule has 0 aliphatic carbocycles. The second kappa shape index (κ2) is 8.19. The number of hydrogen-bond donors (Lipinski definition) is 1. The van der Waals surface area contributed by atoms with Gasteiger partial charge >= 0.3 is 0 Å². The summed E-state index contributed by atoms with van der Waals surface area (Å²) in [4.78, 5) is 21.5. The van der Waals surface area contributed by atoms with E-state index in [4.69, 9.17) is 9.72 Å². The number of anilines is 1. The standard InChI is InChI=1S/C23H23N3O2S/c1-25(2)13-14-26(23-24-20-15-17(28-3)11-12-21(20)29-23)22(27)19-10-6-8-16-7-4-5-9-18(16)19/h4-12,15H,13-14H2,1-3H3/p+1. The number of thiazole rings is 1. The van der Waals surface area contributed by atoms with Gasteiger partial charge < -0.3 is 9.64 Å². The molecule has 3 aromatic carbocycles. The summed E-state index contributed by atoms with van der Waals surface area (Å²) in [7, 11) is 5.82. The zero-order valence-electron chi connectivity index (χ0n) is 16.8. The van der Waals surface area contributed by atoms with Gasteiger partial charge in [-0.2, -0.15) is 0 Å². The average Bonchev–Trinajstić information content (AvgIpc) is 3.15. The highest BCUT2D eigenvalue weighted by Gasteiger charge is 2.23. The van der Waals surface area contributed by atoms with Crippen LogP contribution in [-0.4, -0.2) is 45.2 Å². The minimum atomic E-state index is -0.0194. The minimum Gasteiger partial charge on any atom is -0.497 e. The Hall–Kier alpha value is -2.96. The van der Waals surface area contributed by atoms with E-state index in [2.05, 4.69) is 14.1 Å². The lowest BCUT2D eigenvalue weighted by atomic mass is 10.0. The number of ether oxygens (including phenoxy) is 1. The van der Waals surface area contributed by atoms with Crippen LogP contribution in [0.5, 0.6) is 5.75 Å². The summed E-state index contributed by atoms with van der Waals surface area (Å²) in [5, 5.41) is 2.74. The summed E-state index contributed by atoms with van der Waals surface area (Å²) in [6, 6.07) is 19.7. The molecule has 0 aliphatic rings. The van der Waals surface area contributed by atoms with Gasteiger partial charge in [-0.15, -0.1) is 0 Å². The first-order valence-electron chi connectivity index (χ1n) is 9.60. The summed E-state index contributed by atoms with van der Waals surface area (Å²) in [5.41, 5.74) is 1.55. The predicted octanol–water partition coefficient (Wildman–Crippen LogP) is 3.25. The summed E-state index contributed by atoms with van der Waals surface area (Å²) in [6.07, 6.45) is 0. The van der Waals surface area contributed by atoms with Crippen molar-refractivity contribution in [2.75, 3.05) is 39.2 Å². The molecule has 0 bridgehead atoms. The molecule has 1 aromatic heterocycles. The molecule has 1 amide bonds. The van der Waals surface area contributed by atoms with Crippen LogP contribution in [0.2, 0.25) is 0 Å². The third-order valence-electron chi connectivity index (χ3n) is 4.91. The Kier molecular flexibility index (Phi) is 5.47. The van der Waals surface area contributed by atoms with Crippen molar-refractivity contribution in [1.29, 1.82) is 0 Å². The molecule has 0 spiro atoms. The fraction of sp³-hybridized carbons (Fsp3) is 0.217. The quantitative estimate of drug-likeness (QED) is 0.535. The van der Waals surface area contributed by atoms with Gasteiger partial charge in [0.15, 0.2) is 5.13 Å². The Balaban J connectivity index is 1.78. The van der Waals surface area contributed by atoms with Crippen LogP contribution in [0.15, 0.2) is 60.7 Å². The van der Waals surface area contributed by atoms with E-state index in [0.717, 1.165) is 33.3 Å². The zero-order chi connectivity index (χ0) is 20.4. The van der Waals surface area contributed by atoms with Gasteiger partial charge in [0, 0.05) is 11.6 Å². The summed E-state index contributed by atoms with van der Waals surface area (Å²) >= 11 is 1.53. The van der Waals surface area contributed by atoms with Crippen LogP contribution in [-0.2, 0) is 0 Å². The van der Waals surface area contributed by atoms with Crippen molar-refractivity contribution < 1.29 is 14.4 Å². The van der Waals surface area contributed by atoms with Gasteiger partial charge in [-0.25, -0.2) is 4.98 Å². The number of aromatic nitrogens is 1. The Bertz CT molecular complexity index is 1160. The van der Waals surface area contributed by atoms with Crippen LogP contribution >= 0.6 is 11.3 Å². The van der Waals surface area contributed by atoms with Crippen LogP contribution in [0.4, 0.5) is 5.13 Å². The molecule has 0 fully saturated rings. The first kappa shape index (κ1) is 19.4. The molecule has 1 N–H and O–H groups in total. The van der Waals surface area contributed by atoms with Gasteiger partial charge in [0.05, 0.1) is 44.5 Å². The van der Waals surface area contributed by atoms with Crippen molar-refractivity contribution in [3.63, 3.8) is 0 Å². The van der Waals surface area contributed by atoms with E-state index in [9.17, 15) is 4.79 Å². The number of carbonyl (C=O) groups is 1. The second-order valence-corrected chi connectivity index (χ2v) is 8.28. The molecule has 29 heavy (non-hydrogen) atoms. The molecular weight excluding hydrogens is 382 g/mol. The van der Waals surface area contributed by atoms with Crippen molar-refractivity contribution in [3.8, 4) is 5.75 Å². The Morgan fingerprint density at radius 3 is 2.69 bits per heavy atom.